The first-order chi connectivity index (χ1) is 10.7. The van der Waals surface area contributed by atoms with Gasteiger partial charge in [0.1, 0.15) is 0 Å². The zero-order chi connectivity index (χ0) is 14.7. The Bertz CT molecular complexity index is 528. The van der Waals surface area contributed by atoms with Crippen molar-refractivity contribution in [3.8, 4) is 0 Å². The Labute approximate surface area is 133 Å². The van der Waals surface area contributed by atoms with Crippen LogP contribution in [0, 0.1) is 36.5 Å². The Hall–Kier alpha value is -0.860. The lowest BCUT2D eigenvalue weighted by molar-refractivity contribution is -0.258. The van der Waals surface area contributed by atoms with Crippen molar-refractivity contribution in [2.24, 2.45) is 29.6 Å². The van der Waals surface area contributed by atoms with Crippen molar-refractivity contribution in [1.29, 1.82) is 0 Å². The number of hydrogen-bond acceptors (Lipinski definition) is 2. The molecular formula is C20H26O2. The summed E-state index contributed by atoms with van der Waals surface area (Å²) in [4.78, 5) is 0. The molecule has 4 saturated carbocycles. The third-order valence-electron chi connectivity index (χ3n) is 6.84. The van der Waals surface area contributed by atoms with Crippen molar-refractivity contribution >= 4 is 0 Å². The minimum Gasteiger partial charge on any atom is -0.343 e. The fraction of sp³-hybridized carbons (Fsp3) is 0.700. The van der Waals surface area contributed by atoms with Gasteiger partial charge in [-0.05, 0) is 62.7 Å². The van der Waals surface area contributed by atoms with E-state index in [4.69, 9.17) is 9.47 Å². The summed E-state index contributed by atoms with van der Waals surface area (Å²) in [7, 11) is 0. The van der Waals surface area contributed by atoms with Gasteiger partial charge in [-0.2, -0.15) is 0 Å². The van der Waals surface area contributed by atoms with Gasteiger partial charge in [0.2, 0.25) is 0 Å². The molecule has 5 fully saturated rings. The molecule has 2 heteroatoms. The zero-order valence-electron chi connectivity index (χ0n) is 13.5. The predicted molar refractivity (Wildman–Crippen MR) is 85.3 cm³/mol. The summed E-state index contributed by atoms with van der Waals surface area (Å²) in [5, 5.41) is 0. The Kier molecular flexibility index (Phi) is 2.97. The highest BCUT2D eigenvalue weighted by molar-refractivity contribution is 5.27. The summed E-state index contributed by atoms with van der Waals surface area (Å²) in [6.07, 6.45) is 7.16. The van der Waals surface area contributed by atoms with Gasteiger partial charge < -0.3 is 9.47 Å². The fourth-order valence-electron chi connectivity index (χ4n) is 6.31. The second kappa shape index (κ2) is 4.82. The van der Waals surface area contributed by atoms with Gasteiger partial charge in [0.15, 0.2) is 5.79 Å². The summed E-state index contributed by atoms with van der Waals surface area (Å²) >= 11 is 0. The van der Waals surface area contributed by atoms with Crippen molar-refractivity contribution in [3.63, 3.8) is 0 Å². The van der Waals surface area contributed by atoms with Crippen LogP contribution >= 0.6 is 0 Å². The molecule has 6 rings (SSSR count). The molecule has 0 atom stereocenters. The molecule has 4 bridgehead atoms. The Morgan fingerprint density at radius 2 is 1.36 bits per heavy atom. The van der Waals surface area contributed by atoms with E-state index >= 15 is 0 Å². The van der Waals surface area contributed by atoms with E-state index in [1.54, 1.807) is 0 Å². The highest BCUT2D eigenvalue weighted by atomic mass is 16.7. The van der Waals surface area contributed by atoms with Crippen LogP contribution in [-0.2, 0) is 15.3 Å². The van der Waals surface area contributed by atoms with Gasteiger partial charge in [-0.1, -0.05) is 29.8 Å². The van der Waals surface area contributed by atoms with Crippen LogP contribution in [-0.4, -0.2) is 13.2 Å². The molecule has 1 aromatic rings. The van der Waals surface area contributed by atoms with Crippen molar-refractivity contribution in [3.05, 3.63) is 35.4 Å². The Morgan fingerprint density at radius 1 is 0.818 bits per heavy atom. The number of aryl methyl sites for hydroxylation is 1. The summed E-state index contributed by atoms with van der Waals surface area (Å²) < 4.78 is 12.7. The van der Waals surface area contributed by atoms with E-state index in [0.717, 1.165) is 36.9 Å². The average molecular weight is 298 g/mol. The summed E-state index contributed by atoms with van der Waals surface area (Å²) in [6.45, 7) is 3.64. The topological polar surface area (TPSA) is 18.5 Å². The molecule has 1 aromatic carbocycles. The maximum atomic E-state index is 6.37. The van der Waals surface area contributed by atoms with E-state index in [1.807, 2.05) is 0 Å². The van der Waals surface area contributed by atoms with E-state index in [2.05, 4.69) is 31.2 Å². The minimum absolute atomic E-state index is 0.448. The van der Waals surface area contributed by atoms with Crippen LogP contribution in [0.25, 0.3) is 0 Å². The monoisotopic (exact) mass is 298 g/mol. The van der Waals surface area contributed by atoms with Crippen molar-refractivity contribution in [2.75, 3.05) is 13.2 Å². The molecule has 2 nitrogen and oxygen atoms in total. The predicted octanol–water partition coefficient (Wildman–Crippen LogP) is 4.27. The summed E-state index contributed by atoms with van der Waals surface area (Å²) in [5.74, 6) is 3.75. The lowest BCUT2D eigenvalue weighted by atomic mass is 9.50. The Morgan fingerprint density at radius 3 is 1.91 bits per heavy atom. The lowest BCUT2D eigenvalue weighted by Crippen LogP contribution is -2.54. The molecule has 4 aliphatic carbocycles. The number of ether oxygens (including phenoxy) is 2. The van der Waals surface area contributed by atoms with E-state index in [0.29, 0.717) is 5.92 Å². The van der Waals surface area contributed by atoms with Crippen LogP contribution in [0.2, 0.25) is 0 Å². The van der Waals surface area contributed by atoms with Crippen LogP contribution < -0.4 is 0 Å². The first kappa shape index (κ1) is 13.6. The molecule has 0 aromatic heterocycles. The van der Waals surface area contributed by atoms with Crippen LogP contribution in [0.15, 0.2) is 24.3 Å². The average Bonchev–Trinajstić information content (AvgIpc) is 2.97. The van der Waals surface area contributed by atoms with Crippen LogP contribution in [0.4, 0.5) is 0 Å². The number of benzene rings is 1. The minimum atomic E-state index is -0.448. The molecule has 1 heterocycles. The first-order valence-corrected chi connectivity index (χ1v) is 9.09. The van der Waals surface area contributed by atoms with E-state index in [9.17, 15) is 0 Å². The van der Waals surface area contributed by atoms with Crippen LogP contribution in [0.5, 0.6) is 0 Å². The highest BCUT2D eigenvalue weighted by Crippen LogP contribution is 2.62. The van der Waals surface area contributed by atoms with Gasteiger partial charge in [-0.3, -0.25) is 0 Å². The summed E-state index contributed by atoms with van der Waals surface area (Å²) in [6, 6.07) is 8.90. The van der Waals surface area contributed by atoms with Crippen molar-refractivity contribution < 1.29 is 9.47 Å². The van der Waals surface area contributed by atoms with Gasteiger partial charge in [0, 0.05) is 11.5 Å². The highest BCUT2D eigenvalue weighted by Gasteiger charge is 2.59. The molecule has 1 aliphatic heterocycles. The zero-order valence-corrected chi connectivity index (χ0v) is 13.5. The largest absolute Gasteiger partial charge is 0.343 e. The number of rotatable bonds is 2. The summed E-state index contributed by atoms with van der Waals surface area (Å²) in [5.41, 5.74) is 2.56. The van der Waals surface area contributed by atoms with Gasteiger partial charge in [0.05, 0.1) is 13.2 Å². The molecular weight excluding hydrogens is 272 g/mol. The third-order valence-corrected chi connectivity index (χ3v) is 6.84. The second-order valence-electron chi connectivity index (χ2n) is 8.19. The molecule has 118 valence electrons. The SMILES string of the molecule is Cc1ccc(C2(C3C4CC5CC(C4)CC3C5)OCCO2)cc1. The van der Waals surface area contributed by atoms with Crippen LogP contribution in [0.1, 0.15) is 43.2 Å². The molecule has 0 radical (unpaired) electrons. The van der Waals surface area contributed by atoms with Gasteiger partial charge in [-0.25, -0.2) is 0 Å². The van der Waals surface area contributed by atoms with Crippen LogP contribution in [0.3, 0.4) is 0 Å². The van der Waals surface area contributed by atoms with Gasteiger partial charge in [0.25, 0.3) is 0 Å². The first-order valence-electron chi connectivity index (χ1n) is 9.09. The number of hydrogen-bond donors (Lipinski definition) is 0. The van der Waals surface area contributed by atoms with E-state index < -0.39 is 5.79 Å². The molecule has 22 heavy (non-hydrogen) atoms. The molecule has 0 spiro atoms. The van der Waals surface area contributed by atoms with Crippen molar-refractivity contribution in [2.45, 2.75) is 44.8 Å². The normalized spacial score (nSPS) is 42.0. The maximum absolute atomic E-state index is 6.37. The lowest BCUT2D eigenvalue weighted by Gasteiger charge is -2.58. The second-order valence-corrected chi connectivity index (χ2v) is 8.19. The van der Waals surface area contributed by atoms with E-state index in [-0.39, 0.29) is 0 Å². The van der Waals surface area contributed by atoms with Crippen molar-refractivity contribution in [1.82, 2.24) is 0 Å². The fourth-order valence-corrected chi connectivity index (χ4v) is 6.31. The molecule has 0 N–H and O–H groups in total. The molecule has 1 saturated heterocycles. The smallest absolute Gasteiger partial charge is 0.198 e. The molecule has 0 amide bonds. The molecule has 5 aliphatic rings. The standard InChI is InChI=1S/C20H26O2/c1-13-2-4-18(5-3-13)20(21-6-7-22-20)19-16-9-14-8-15(11-16)12-17(19)10-14/h2-5,14-17,19H,6-12H2,1H3. The van der Waals surface area contributed by atoms with Gasteiger partial charge >= 0.3 is 0 Å². The third kappa shape index (κ3) is 1.86. The maximum Gasteiger partial charge on any atom is 0.198 e. The molecule has 0 unspecified atom stereocenters. The quantitative estimate of drug-likeness (QED) is 0.812. The van der Waals surface area contributed by atoms with E-state index in [1.165, 1.54) is 43.2 Å². The van der Waals surface area contributed by atoms with Gasteiger partial charge in [-0.15, -0.1) is 0 Å². The Balaban J connectivity index is 1.56.